The van der Waals surface area contributed by atoms with Crippen LogP contribution >= 0.6 is 11.6 Å². The molecule has 1 saturated carbocycles. The Hall–Kier alpha value is -0.970. The average molecular weight is 248 g/mol. The lowest BCUT2D eigenvalue weighted by Gasteiger charge is -2.13. The third-order valence-corrected chi connectivity index (χ3v) is 2.75. The zero-order valence-corrected chi connectivity index (χ0v) is 9.56. The minimum Gasteiger partial charge on any atom is -0.367 e. The number of aryl methyl sites for hydroxylation is 1. The van der Waals surface area contributed by atoms with E-state index in [1.54, 1.807) is 13.0 Å². The Morgan fingerprint density at radius 3 is 2.81 bits per heavy atom. The van der Waals surface area contributed by atoms with Gasteiger partial charge in [0, 0.05) is 30.6 Å². The monoisotopic (exact) mass is 247 g/mol. The van der Waals surface area contributed by atoms with Gasteiger partial charge in [-0.05, 0) is 24.9 Å². The van der Waals surface area contributed by atoms with E-state index in [4.69, 9.17) is 11.6 Å². The molecule has 1 heterocycles. The molecule has 2 rings (SSSR count). The van der Waals surface area contributed by atoms with E-state index in [0.717, 1.165) is 0 Å². The van der Waals surface area contributed by atoms with Gasteiger partial charge in [0.25, 0.3) is 0 Å². The number of nitrogens with zero attached hydrogens (tertiary/aromatic N) is 2. The zero-order valence-electron chi connectivity index (χ0n) is 8.80. The molecule has 0 bridgehead atoms. The molecule has 1 aliphatic carbocycles. The van der Waals surface area contributed by atoms with Crippen molar-refractivity contribution in [2.75, 3.05) is 5.32 Å². The molecular weight excluding hydrogens is 236 g/mol. The number of nitrogens with one attached hydrogen (secondary N) is 1. The van der Waals surface area contributed by atoms with Crippen LogP contribution in [-0.4, -0.2) is 21.9 Å². The topological polar surface area (TPSA) is 37.8 Å². The van der Waals surface area contributed by atoms with Gasteiger partial charge in [-0.15, -0.1) is 0 Å². The van der Waals surface area contributed by atoms with Gasteiger partial charge >= 0.3 is 0 Å². The molecule has 88 valence electrons. The summed E-state index contributed by atoms with van der Waals surface area (Å²) in [4.78, 5) is 7.85. The van der Waals surface area contributed by atoms with Crippen LogP contribution in [0.2, 0.25) is 5.28 Å². The van der Waals surface area contributed by atoms with Crippen molar-refractivity contribution < 1.29 is 8.78 Å². The summed E-state index contributed by atoms with van der Waals surface area (Å²) < 4.78 is 25.9. The standard InChI is InChI=1S/C10H12ClF2N3/c1-6-4-8(16-9(11)14-6)15-7-2-3-10(12,13)5-7/h4,7H,2-3,5H2,1H3,(H,14,15,16). The highest BCUT2D eigenvalue weighted by molar-refractivity contribution is 6.28. The fourth-order valence-corrected chi connectivity index (χ4v) is 2.11. The highest BCUT2D eigenvalue weighted by atomic mass is 35.5. The van der Waals surface area contributed by atoms with Crippen molar-refractivity contribution in [1.82, 2.24) is 9.97 Å². The zero-order chi connectivity index (χ0) is 11.8. The summed E-state index contributed by atoms with van der Waals surface area (Å²) in [5.74, 6) is -2.04. The summed E-state index contributed by atoms with van der Waals surface area (Å²) in [7, 11) is 0. The van der Waals surface area contributed by atoms with Crippen LogP contribution in [0.1, 0.15) is 25.0 Å². The maximum Gasteiger partial charge on any atom is 0.250 e. The fourth-order valence-electron chi connectivity index (χ4n) is 1.89. The molecule has 0 spiro atoms. The van der Waals surface area contributed by atoms with Crippen molar-refractivity contribution in [1.29, 1.82) is 0 Å². The molecule has 3 nitrogen and oxygen atoms in total. The van der Waals surface area contributed by atoms with Gasteiger partial charge in [0.15, 0.2) is 0 Å². The van der Waals surface area contributed by atoms with Crippen LogP contribution in [0, 0.1) is 6.92 Å². The van der Waals surface area contributed by atoms with E-state index in [-0.39, 0.29) is 24.2 Å². The van der Waals surface area contributed by atoms with Crippen LogP contribution < -0.4 is 5.32 Å². The summed E-state index contributed by atoms with van der Waals surface area (Å²) in [5.41, 5.74) is 0.715. The molecule has 1 aromatic heterocycles. The first-order chi connectivity index (χ1) is 7.44. The van der Waals surface area contributed by atoms with Crippen LogP contribution in [0.25, 0.3) is 0 Å². The first-order valence-electron chi connectivity index (χ1n) is 5.10. The van der Waals surface area contributed by atoms with E-state index in [1.807, 2.05) is 0 Å². The molecule has 1 fully saturated rings. The Morgan fingerprint density at radius 2 is 2.25 bits per heavy atom. The SMILES string of the molecule is Cc1cc(NC2CCC(F)(F)C2)nc(Cl)n1. The number of aromatic nitrogens is 2. The Kier molecular flexibility index (Phi) is 2.97. The van der Waals surface area contributed by atoms with Gasteiger partial charge in [-0.2, -0.15) is 0 Å². The lowest BCUT2D eigenvalue weighted by atomic mass is 10.2. The minimum atomic E-state index is -2.55. The van der Waals surface area contributed by atoms with Crippen molar-refractivity contribution in [3.8, 4) is 0 Å². The van der Waals surface area contributed by atoms with Crippen LogP contribution in [0.15, 0.2) is 6.07 Å². The van der Waals surface area contributed by atoms with Gasteiger partial charge in [-0.3, -0.25) is 0 Å². The molecule has 16 heavy (non-hydrogen) atoms. The molecule has 0 aromatic carbocycles. The van der Waals surface area contributed by atoms with Gasteiger partial charge in [0.1, 0.15) is 5.82 Å². The molecule has 1 N–H and O–H groups in total. The van der Waals surface area contributed by atoms with Gasteiger partial charge in [0.2, 0.25) is 11.2 Å². The number of anilines is 1. The molecule has 1 aliphatic rings. The second kappa shape index (κ2) is 4.13. The van der Waals surface area contributed by atoms with Crippen molar-refractivity contribution in [3.05, 3.63) is 17.0 Å². The van der Waals surface area contributed by atoms with Crippen LogP contribution in [0.4, 0.5) is 14.6 Å². The average Bonchev–Trinajstić information content (AvgIpc) is 2.43. The highest BCUT2D eigenvalue weighted by Gasteiger charge is 2.39. The van der Waals surface area contributed by atoms with Gasteiger partial charge in [-0.1, -0.05) is 0 Å². The number of hydrogen-bond donors (Lipinski definition) is 1. The summed E-state index contributed by atoms with van der Waals surface area (Å²) in [6, 6.07) is 1.46. The van der Waals surface area contributed by atoms with E-state index >= 15 is 0 Å². The first-order valence-corrected chi connectivity index (χ1v) is 5.48. The first kappa shape index (κ1) is 11.5. The highest BCUT2D eigenvalue weighted by Crippen LogP contribution is 2.36. The third-order valence-electron chi connectivity index (χ3n) is 2.58. The molecular formula is C10H12ClF2N3. The molecule has 1 aromatic rings. The predicted molar refractivity (Wildman–Crippen MR) is 58.0 cm³/mol. The van der Waals surface area contributed by atoms with Crippen molar-refractivity contribution >= 4 is 17.4 Å². The van der Waals surface area contributed by atoms with E-state index in [2.05, 4.69) is 15.3 Å². The molecule has 0 amide bonds. The Labute approximate surface area is 97.2 Å². The van der Waals surface area contributed by atoms with Crippen LogP contribution in [0.5, 0.6) is 0 Å². The van der Waals surface area contributed by atoms with Crippen LogP contribution in [0.3, 0.4) is 0 Å². The van der Waals surface area contributed by atoms with Crippen molar-refractivity contribution in [3.63, 3.8) is 0 Å². The molecule has 1 atom stereocenters. The summed E-state index contributed by atoms with van der Waals surface area (Å²) in [6.45, 7) is 1.78. The molecule has 6 heteroatoms. The number of halogens is 3. The summed E-state index contributed by atoms with van der Waals surface area (Å²) in [6.07, 6.45) is 0.240. The quantitative estimate of drug-likeness (QED) is 0.817. The van der Waals surface area contributed by atoms with Crippen molar-refractivity contribution in [2.45, 2.75) is 38.2 Å². The van der Waals surface area contributed by atoms with Crippen molar-refractivity contribution in [2.24, 2.45) is 0 Å². The van der Waals surface area contributed by atoms with Crippen LogP contribution in [-0.2, 0) is 0 Å². The third kappa shape index (κ3) is 2.78. The smallest absolute Gasteiger partial charge is 0.250 e. The lowest BCUT2D eigenvalue weighted by molar-refractivity contribution is 0.00852. The minimum absolute atomic E-state index is 0.0670. The summed E-state index contributed by atoms with van der Waals surface area (Å²) >= 11 is 5.68. The fraction of sp³-hybridized carbons (Fsp3) is 0.600. The Bertz CT molecular complexity index is 377. The molecule has 0 saturated heterocycles. The van der Waals surface area contributed by atoms with E-state index in [1.165, 1.54) is 0 Å². The number of hydrogen-bond acceptors (Lipinski definition) is 3. The van der Waals surface area contributed by atoms with Gasteiger partial charge in [0.05, 0.1) is 0 Å². The summed E-state index contributed by atoms with van der Waals surface area (Å²) in [5, 5.41) is 3.09. The Balaban J connectivity index is 2.05. The maximum atomic E-state index is 13.0. The van der Waals surface area contributed by atoms with E-state index < -0.39 is 5.92 Å². The second-order valence-electron chi connectivity index (χ2n) is 4.10. The Morgan fingerprint density at radius 1 is 1.50 bits per heavy atom. The largest absolute Gasteiger partial charge is 0.367 e. The molecule has 0 aliphatic heterocycles. The van der Waals surface area contributed by atoms with E-state index in [0.29, 0.717) is 17.9 Å². The second-order valence-corrected chi connectivity index (χ2v) is 4.44. The predicted octanol–water partition coefficient (Wildman–Crippen LogP) is 3.04. The normalized spacial score (nSPS) is 23.4. The lowest BCUT2D eigenvalue weighted by Crippen LogP contribution is -2.19. The molecule has 0 radical (unpaired) electrons. The van der Waals surface area contributed by atoms with Gasteiger partial charge in [-0.25, -0.2) is 18.7 Å². The van der Waals surface area contributed by atoms with Gasteiger partial charge < -0.3 is 5.32 Å². The number of alkyl halides is 2. The maximum absolute atomic E-state index is 13.0. The number of rotatable bonds is 2. The molecule has 1 unspecified atom stereocenters. The van der Waals surface area contributed by atoms with E-state index in [9.17, 15) is 8.78 Å².